The van der Waals surface area contributed by atoms with E-state index in [1.165, 1.54) is 0 Å². The normalized spacial score (nSPS) is 16.0. The summed E-state index contributed by atoms with van der Waals surface area (Å²) in [7, 11) is 0. The van der Waals surface area contributed by atoms with Gasteiger partial charge in [-0.3, -0.25) is 0 Å². The molecule has 1 aliphatic heterocycles. The van der Waals surface area contributed by atoms with Crippen LogP contribution in [-0.2, 0) is 4.74 Å². The van der Waals surface area contributed by atoms with Crippen molar-refractivity contribution in [3.8, 4) is 11.8 Å². The van der Waals surface area contributed by atoms with Crippen molar-refractivity contribution in [2.45, 2.75) is 45.3 Å². The molecule has 1 aromatic rings. The van der Waals surface area contributed by atoms with Gasteiger partial charge in [-0.1, -0.05) is 12.1 Å². The Bertz CT molecular complexity index is 564. The summed E-state index contributed by atoms with van der Waals surface area (Å²) >= 11 is 0. The van der Waals surface area contributed by atoms with Crippen LogP contribution < -0.4 is 4.74 Å². The number of hydrogen-bond donors (Lipinski definition) is 0. The van der Waals surface area contributed by atoms with Gasteiger partial charge >= 0.3 is 6.09 Å². The third kappa shape index (κ3) is 4.39. The average Bonchev–Trinajstić information content (AvgIpc) is 2.47. The summed E-state index contributed by atoms with van der Waals surface area (Å²) in [6.45, 7) is 6.79. The quantitative estimate of drug-likeness (QED) is 0.840. The van der Waals surface area contributed by atoms with Crippen molar-refractivity contribution in [2.75, 3.05) is 13.1 Å². The Morgan fingerprint density at radius 1 is 1.27 bits per heavy atom. The molecule has 1 amide bonds. The van der Waals surface area contributed by atoms with E-state index in [0.29, 0.717) is 24.4 Å². The number of carbonyl (C=O) groups excluding carboxylic acids is 1. The third-order valence-electron chi connectivity index (χ3n) is 3.39. The van der Waals surface area contributed by atoms with E-state index in [2.05, 4.69) is 6.07 Å². The maximum atomic E-state index is 12.0. The predicted octanol–water partition coefficient (Wildman–Crippen LogP) is 3.34. The topological polar surface area (TPSA) is 62.6 Å². The second kappa shape index (κ2) is 6.69. The molecule has 0 bridgehead atoms. The van der Waals surface area contributed by atoms with E-state index in [1.807, 2.05) is 32.9 Å². The monoisotopic (exact) mass is 302 g/mol. The summed E-state index contributed by atoms with van der Waals surface area (Å²) in [6.07, 6.45) is 1.22. The van der Waals surface area contributed by atoms with E-state index in [0.717, 1.165) is 12.8 Å². The van der Waals surface area contributed by atoms with E-state index >= 15 is 0 Å². The Hall–Kier alpha value is -2.22. The molecule has 0 N–H and O–H groups in total. The van der Waals surface area contributed by atoms with Crippen LogP contribution in [0.1, 0.15) is 39.2 Å². The van der Waals surface area contributed by atoms with Crippen LogP contribution >= 0.6 is 0 Å². The number of piperidine rings is 1. The fourth-order valence-electron chi connectivity index (χ4n) is 2.32. The number of ether oxygens (including phenoxy) is 2. The first-order chi connectivity index (χ1) is 10.4. The molecule has 5 nitrogen and oxygen atoms in total. The van der Waals surface area contributed by atoms with Gasteiger partial charge in [0.1, 0.15) is 23.5 Å². The molecule has 118 valence electrons. The van der Waals surface area contributed by atoms with Gasteiger partial charge in [0.25, 0.3) is 0 Å². The highest BCUT2D eigenvalue weighted by atomic mass is 16.6. The van der Waals surface area contributed by atoms with Crippen LogP contribution in [0.2, 0.25) is 0 Å². The lowest BCUT2D eigenvalue weighted by molar-refractivity contribution is 0.0126. The van der Waals surface area contributed by atoms with Crippen molar-refractivity contribution in [1.82, 2.24) is 4.90 Å². The fraction of sp³-hybridized carbons (Fsp3) is 0.529. The maximum Gasteiger partial charge on any atom is 0.410 e. The number of para-hydroxylation sites is 1. The lowest BCUT2D eigenvalue weighted by Crippen LogP contribution is -2.44. The number of benzene rings is 1. The molecule has 1 saturated heterocycles. The zero-order chi connectivity index (χ0) is 16.2. The number of amides is 1. The van der Waals surface area contributed by atoms with Crippen LogP contribution in [0.4, 0.5) is 4.79 Å². The summed E-state index contributed by atoms with van der Waals surface area (Å²) in [6, 6.07) is 9.34. The number of hydrogen-bond acceptors (Lipinski definition) is 4. The molecule has 5 heteroatoms. The molecule has 0 aromatic heterocycles. The molecule has 1 aromatic carbocycles. The number of likely N-dealkylation sites (tertiary alicyclic amines) is 1. The zero-order valence-electron chi connectivity index (χ0n) is 13.3. The second-order valence-corrected chi connectivity index (χ2v) is 6.39. The van der Waals surface area contributed by atoms with E-state index in [1.54, 1.807) is 17.0 Å². The van der Waals surface area contributed by atoms with E-state index in [9.17, 15) is 4.79 Å². The molecular formula is C17H22N2O3. The highest BCUT2D eigenvalue weighted by Gasteiger charge is 2.27. The van der Waals surface area contributed by atoms with Crippen LogP contribution in [0.25, 0.3) is 0 Å². The predicted molar refractivity (Wildman–Crippen MR) is 82.6 cm³/mol. The van der Waals surface area contributed by atoms with Gasteiger partial charge in [0.15, 0.2) is 0 Å². The first-order valence-corrected chi connectivity index (χ1v) is 7.53. The number of carbonyl (C=O) groups is 1. The van der Waals surface area contributed by atoms with Gasteiger partial charge < -0.3 is 14.4 Å². The standard InChI is InChI=1S/C17H22N2O3/c1-17(2,3)22-16(20)19-10-8-14(9-11-19)21-15-7-5-4-6-13(15)12-18/h4-7,14H,8-11H2,1-3H3. The largest absolute Gasteiger partial charge is 0.489 e. The Morgan fingerprint density at radius 2 is 1.91 bits per heavy atom. The van der Waals surface area contributed by atoms with Crippen LogP contribution in [0.5, 0.6) is 5.75 Å². The molecule has 0 aliphatic carbocycles. The van der Waals surface area contributed by atoms with Gasteiger partial charge in [0.2, 0.25) is 0 Å². The van der Waals surface area contributed by atoms with Crippen LogP contribution in [-0.4, -0.2) is 35.8 Å². The van der Waals surface area contributed by atoms with Crippen molar-refractivity contribution in [3.63, 3.8) is 0 Å². The van der Waals surface area contributed by atoms with Crippen LogP contribution in [0.15, 0.2) is 24.3 Å². The first-order valence-electron chi connectivity index (χ1n) is 7.53. The molecule has 1 aliphatic rings. The third-order valence-corrected chi connectivity index (χ3v) is 3.39. The van der Waals surface area contributed by atoms with Crippen molar-refractivity contribution in [2.24, 2.45) is 0 Å². The minimum absolute atomic E-state index is 0.0215. The summed E-state index contributed by atoms with van der Waals surface area (Å²) in [5.74, 6) is 0.612. The van der Waals surface area contributed by atoms with Gasteiger partial charge in [-0.15, -0.1) is 0 Å². The molecule has 0 saturated carbocycles. The van der Waals surface area contributed by atoms with Crippen molar-refractivity contribution in [3.05, 3.63) is 29.8 Å². The molecule has 0 atom stereocenters. The Balaban J connectivity index is 1.88. The number of nitriles is 1. The van der Waals surface area contributed by atoms with Gasteiger partial charge in [-0.05, 0) is 32.9 Å². The molecule has 1 fully saturated rings. The van der Waals surface area contributed by atoms with Crippen molar-refractivity contribution >= 4 is 6.09 Å². The SMILES string of the molecule is CC(C)(C)OC(=O)N1CCC(Oc2ccccc2C#N)CC1. The van der Waals surface area contributed by atoms with E-state index in [-0.39, 0.29) is 12.2 Å². The number of nitrogens with zero attached hydrogens (tertiary/aromatic N) is 2. The van der Waals surface area contributed by atoms with Gasteiger partial charge in [0.05, 0.1) is 5.56 Å². The van der Waals surface area contributed by atoms with E-state index in [4.69, 9.17) is 14.7 Å². The molecule has 22 heavy (non-hydrogen) atoms. The summed E-state index contributed by atoms with van der Waals surface area (Å²) in [4.78, 5) is 13.7. The van der Waals surface area contributed by atoms with E-state index < -0.39 is 5.60 Å². The molecule has 1 heterocycles. The van der Waals surface area contributed by atoms with Gasteiger partial charge in [0, 0.05) is 25.9 Å². The smallest absolute Gasteiger partial charge is 0.410 e. The lowest BCUT2D eigenvalue weighted by atomic mass is 10.1. The zero-order valence-corrected chi connectivity index (χ0v) is 13.3. The Morgan fingerprint density at radius 3 is 2.50 bits per heavy atom. The highest BCUT2D eigenvalue weighted by Crippen LogP contribution is 2.23. The molecule has 2 rings (SSSR count). The van der Waals surface area contributed by atoms with Crippen molar-refractivity contribution < 1.29 is 14.3 Å². The Kier molecular flexibility index (Phi) is 4.92. The maximum absolute atomic E-state index is 12.0. The minimum atomic E-state index is -0.476. The van der Waals surface area contributed by atoms with Crippen molar-refractivity contribution in [1.29, 1.82) is 5.26 Å². The summed E-state index contributed by atoms with van der Waals surface area (Å²) in [5.41, 5.74) is 0.0629. The molecule has 0 radical (unpaired) electrons. The molecule has 0 unspecified atom stereocenters. The molecule has 0 spiro atoms. The van der Waals surface area contributed by atoms with Crippen LogP contribution in [0.3, 0.4) is 0 Å². The van der Waals surface area contributed by atoms with Gasteiger partial charge in [-0.25, -0.2) is 4.79 Å². The summed E-state index contributed by atoms with van der Waals surface area (Å²) in [5, 5.41) is 9.07. The first kappa shape index (κ1) is 16.2. The highest BCUT2D eigenvalue weighted by molar-refractivity contribution is 5.68. The minimum Gasteiger partial charge on any atom is -0.489 e. The average molecular weight is 302 g/mol. The van der Waals surface area contributed by atoms with Gasteiger partial charge in [-0.2, -0.15) is 5.26 Å². The summed E-state index contributed by atoms with van der Waals surface area (Å²) < 4.78 is 11.3. The number of rotatable bonds is 2. The fourth-order valence-corrected chi connectivity index (χ4v) is 2.32. The lowest BCUT2D eigenvalue weighted by Gasteiger charge is -2.33. The molecular weight excluding hydrogens is 280 g/mol. The van der Waals surface area contributed by atoms with Crippen LogP contribution in [0, 0.1) is 11.3 Å². The second-order valence-electron chi connectivity index (χ2n) is 6.39. The Labute approximate surface area is 131 Å².